The Morgan fingerprint density at radius 2 is 1.85 bits per heavy atom. The van der Waals surface area contributed by atoms with E-state index in [0.29, 0.717) is 5.69 Å². The molecule has 0 radical (unpaired) electrons. The molecule has 1 aliphatic heterocycles. The van der Waals surface area contributed by atoms with Crippen molar-refractivity contribution in [2.45, 2.75) is 17.7 Å². The highest BCUT2D eigenvalue weighted by Crippen LogP contribution is 2.28. The van der Waals surface area contributed by atoms with E-state index in [0.717, 1.165) is 42.6 Å². The first-order chi connectivity index (χ1) is 12.4. The largest absolute Gasteiger partial charge is 0.610 e. The third-order valence-corrected chi connectivity index (χ3v) is 5.84. The zero-order valence-electron chi connectivity index (χ0n) is 14.4. The predicted molar refractivity (Wildman–Crippen MR) is 98.8 cm³/mol. The molecule has 134 valence electrons. The quantitative estimate of drug-likeness (QED) is 0.665. The third-order valence-electron chi connectivity index (χ3n) is 4.71. The molecule has 1 saturated heterocycles. The Morgan fingerprint density at radius 3 is 2.50 bits per heavy atom. The highest BCUT2D eigenvalue weighted by atomic mass is 32.3. The van der Waals surface area contributed by atoms with Crippen LogP contribution in [0.1, 0.15) is 23.3 Å². The van der Waals surface area contributed by atoms with Crippen LogP contribution in [-0.2, 0) is 14.4 Å². The van der Waals surface area contributed by atoms with Crippen LogP contribution in [0.5, 0.6) is 0 Å². The molecule has 1 amide bonds. The van der Waals surface area contributed by atoms with E-state index in [9.17, 15) is 13.6 Å². The average Bonchev–Trinajstić information content (AvgIpc) is 3.31. The minimum atomic E-state index is -3.24. The molecule has 2 aromatic heterocycles. The Hall–Kier alpha value is -2.51. The Bertz CT molecular complexity index is 1010. The van der Waals surface area contributed by atoms with Crippen molar-refractivity contribution in [2.75, 3.05) is 19.3 Å². The van der Waals surface area contributed by atoms with Gasteiger partial charge in [-0.1, -0.05) is 0 Å². The van der Waals surface area contributed by atoms with E-state index in [4.69, 9.17) is 0 Å². The number of aromatic nitrogens is 2. The van der Waals surface area contributed by atoms with E-state index in [1.807, 2.05) is 23.2 Å². The number of hydrogen-bond acceptors (Lipinski definition) is 4. The summed E-state index contributed by atoms with van der Waals surface area (Å²) in [6.07, 6.45) is 5.05. The number of nitrogens with zero attached hydrogens (tertiary/aromatic N) is 3. The fourth-order valence-electron chi connectivity index (χ4n) is 3.33. The van der Waals surface area contributed by atoms with Crippen molar-refractivity contribution in [1.82, 2.24) is 14.5 Å². The second-order valence-corrected chi connectivity index (χ2v) is 8.59. The Morgan fingerprint density at radius 1 is 1.15 bits per heavy atom. The van der Waals surface area contributed by atoms with Gasteiger partial charge < -0.3 is 9.45 Å². The van der Waals surface area contributed by atoms with Crippen molar-refractivity contribution in [2.24, 2.45) is 0 Å². The van der Waals surface area contributed by atoms with Crippen molar-refractivity contribution in [1.29, 1.82) is 0 Å². The monoisotopic (exact) mass is 369 g/mol. The number of sulfone groups is 1. The molecule has 1 aromatic carbocycles. The SMILES string of the molecule is C[S+](=O)([O-])c1ccc(-c2cc(C(=O)N3CCCC3)nn3cccc23)cc1. The van der Waals surface area contributed by atoms with Crippen molar-refractivity contribution in [3.05, 3.63) is 54.4 Å². The maximum atomic E-state index is 12.8. The van der Waals surface area contributed by atoms with Crippen LogP contribution in [-0.4, -0.2) is 44.3 Å². The van der Waals surface area contributed by atoms with Crippen LogP contribution >= 0.6 is 0 Å². The van der Waals surface area contributed by atoms with Crippen LogP contribution in [0.4, 0.5) is 0 Å². The van der Waals surface area contributed by atoms with Gasteiger partial charge in [-0.2, -0.15) is 5.10 Å². The highest BCUT2D eigenvalue weighted by Gasteiger charge is 2.22. The fraction of sp³-hybridized carbons (Fsp3) is 0.263. The summed E-state index contributed by atoms with van der Waals surface area (Å²) in [5.41, 5.74) is 2.97. The van der Waals surface area contributed by atoms with E-state index >= 15 is 0 Å². The normalized spacial score (nSPS) is 16.8. The predicted octanol–water partition coefficient (Wildman–Crippen LogP) is 2.86. The lowest BCUT2D eigenvalue weighted by atomic mass is 10.1. The van der Waals surface area contributed by atoms with Crippen molar-refractivity contribution in [3.8, 4) is 11.1 Å². The summed E-state index contributed by atoms with van der Waals surface area (Å²) in [5, 5.41) is 4.45. The smallest absolute Gasteiger partial charge is 0.274 e. The molecular weight excluding hydrogens is 350 g/mol. The lowest BCUT2D eigenvalue weighted by molar-refractivity contribution is 0.0785. The summed E-state index contributed by atoms with van der Waals surface area (Å²) in [4.78, 5) is 14.9. The number of amides is 1. The van der Waals surface area contributed by atoms with Crippen LogP contribution in [0.3, 0.4) is 0 Å². The van der Waals surface area contributed by atoms with Gasteiger partial charge in [-0.3, -0.25) is 4.79 Å². The number of rotatable bonds is 3. The third kappa shape index (κ3) is 3.04. The summed E-state index contributed by atoms with van der Waals surface area (Å²) < 4.78 is 25.1. The molecule has 0 aliphatic carbocycles. The van der Waals surface area contributed by atoms with Crippen LogP contribution in [0, 0.1) is 0 Å². The fourth-order valence-corrected chi connectivity index (χ4v) is 3.96. The van der Waals surface area contributed by atoms with Crippen LogP contribution in [0.2, 0.25) is 0 Å². The number of fused-ring (bicyclic) bond motifs is 1. The zero-order valence-corrected chi connectivity index (χ0v) is 15.2. The second kappa shape index (κ2) is 6.34. The first-order valence-electron chi connectivity index (χ1n) is 8.52. The summed E-state index contributed by atoms with van der Waals surface area (Å²) in [7, 11) is -3.24. The molecule has 0 bridgehead atoms. The number of carbonyl (C=O) groups is 1. The molecular formula is C19H19N3O3S. The van der Waals surface area contributed by atoms with Gasteiger partial charge in [-0.05, 0) is 60.9 Å². The summed E-state index contributed by atoms with van der Waals surface area (Å²) in [6.45, 7) is 1.53. The molecule has 3 aromatic rings. The maximum Gasteiger partial charge on any atom is 0.274 e. The van der Waals surface area contributed by atoms with Gasteiger partial charge in [-0.25, -0.2) is 4.52 Å². The molecule has 3 heterocycles. The van der Waals surface area contributed by atoms with Crippen molar-refractivity contribution >= 4 is 21.6 Å². The first kappa shape index (κ1) is 16.9. The molecule has 1 fully saturated rings. The molecule has 0 saturated carbocycles. The van der Waals surface area contributed by atoms with Crippen LogP contribution in [0.25, 0.3) is 16.6 Å². The first-order valence-corrected chi connectivity index (χ1v) is 10.4. The Kier molecular flexibility index (Phi) is 4.13. The molecule has 0 spiro atoms. The van der Waals surface area contributed by atoms with Gasteiger partial charge >= 0.3 is 0 Å². The molecule has 1 unspecified atom stereocenters. The topological polar surface area (TPSA) is 77.7 Å². The van der Waals surface area contributed by atoms with E-state index in [-0.39, 0.29) is 10.8 Å². The van der Waals surface area contributed by atoms with Gasteiger partial charge in [0.2, 0.25) is 0 Å². The van der Waals surface area contributed by atoms with Gasteiger partial charge in [0.1, 0.15) is 11.9 Å². The molecule has 6 nitrogen and oxygen atoms in total. The zero-order chi connectivity index (χ0) is 18.3. The lowest BCUT2D eigenvalue weighted by Gasteiger charge is -2.16. The van der Waals surface area contributed by atoms with Gasteiger partial charge in [-0.15, -0.1) is 4.21 Å². The van der Waals surface area contributed by atoms with E-state index in [1.54, 1.807) is 34.8 Å². The molecule has 26 heavy (non-hydrogen) atoms. The maximum absolute atomic E-state index is 12.8. The van der Waals surface area contributed by atoms with Crippen LogP contribution < -0.4 is 0 Å². The van der Waals surface area contributed by atoms with E-state index in [2.05, 4.69) is 5.10 Å². The van der Waals surface area contributed by atoms with Crippen molar-refractivity contribution in [3.63, 3.8) is 0 Å². The number of benzene rings is 1. The number of carbonyl (C=O) groups excluding carboxylic acids is 1. The van der Waals surface area contributed by atoms with Crippen LogP contribution in [0.15, 0.2) is 53.6 Å². The van der Waals surface area contributed by atoms with Gasteiger partial charge in [0, 0.05) is 24.8 Å². The van der Waals surface area contributed by atoms with Gasteiger partial charge in [0.05, 0.1) is 15.7 Å². The molecule has 7 heteroatoms. The molecule has 1 aliphatic rings. The van der Waals surface area contributed by atoms with E-state index < -0.39 is 10.2 Å². The van der Waals surface area contributed by atoms with Gasteiger partial charge in [0.25, 0.3) is 5.91 Å². The molecule has 1 atom stereocenters. The Labute approximate surface area is 152 Å². The van der Waals surface area contributed by atoms with Gasteiger partial charge in [0.15, 0.2) is 4.90 Å². The minimum Gasteiger partial charge on any atom is -0.610 e. The standard InChI is InChI=1S/C19H19N3O3S/c1-26(24,25)15-8-6-14(7-9-15)16-13-17(19(23)21-10-2-3-11-21)20-22-12-4-5-18(16)22/h4-9,12-13H,2-3,10-11H2,1H3. The Balaban J connectivity index is 1.80. The summed E-state index contributed by atoms with van der Waals surface area (Å²) >= 11 is 0. The summed E-state index contributed by atoms with van der Waals surface area (Å²) in [6, 6.07) is 12.3. The number of likely N-dealkylation sites (tertiary alicyclic amines) is 1. The van der Waals surface area contributed by atoms with E-state index in [1.165, 1.54) is 6.26 Å². The summed E-state index contributed by atoms with van der Waals surface area (Å²) in [5.74, 6) is -0.0629. The lowest BCUT2D eigenvalue weighted by Crippen LogP contribution is -2.28. The minimum absolute atomic E-state index is 0.0629. The second-order valence-electron chi connectivity index (χ2n) is 6.58. The number of hydrogen-bond donors (Lipinski definition) is 0. The average molecular weight is 369 g/mol. The molecule has 0 N–H and O–H groups in total. The highest BCUT2D eigenvalue weighted by molar-refractivity contribution is 7.97. The van der Waals surface area contributed by atoms with Crippen molar-refractivity contribution < 1.29 is 13.6 Å². The molecule has 4 rings (SSSR count).